The van der Waals surface area contributed by atoms with Crippen LogP contribution >= 0.6 is 0 Å². The van der Waals surface area contributed by atoms with Gasteiger partial charge >= 0.3 is 0 Å². The van der Waals surface area contributed by atoms with Crippen molar-refractivity contribution in [3.05, 3.63) is 0 Å². The number of nitrogens with two attached hydrogens (primary N) is 1. The van der Waals surface area contributed by atoms with Gasteiger partial charge in [0.1, 0.15) is 5.84 Å². The Balaban J connectivity index is 2.44. The second-order valence-electron chi connectivity index (χ2n) is 4.63. The van der Waals surface area contributed by atoms with Crippen LogP contribution in [0.1, 0.15) is 26.7 Å². The molecule has 0 aromatic carbocycles. The van der Waals surface area contributed by atoms with Crippen molar-refractivity contribution in [2.24, 2.45) is 11.7 Å². The lowest BCUT2D eigenvalue weighted by Crippen LogP contribution is -2.46. The second-order valence-corrected chi connectivity index (χ2v) is 6.50. The molecule has 0 heterocycles. The summed E-state index contributed by atoms with van der Waals surface area (Å²) in [5.74, 6) is -0.0176. The molecule has 0 aromatic rings. The van der Waals surface area contributed by atoms with Crippen molar-refractivity contribution in [3.8, 4) is 0 Å². The highest BCUT2D eigenvalue weighted by Gasteiger charge is 2.35. The number of hydrogen-bond donors (Lipinski definition) is 3. The van der Waals surface area contributed by atoms with E-state index in [9.17, 15) is 8.42 Å². The third-order valence-corrected chi connectivity index (χ3v) is 3.86. The molecule has 6 nitrogen and oxygen atoms in total. The first kappa shape index (κ1) is 14.4. The van der Waals surface area contributed by atoms with Gasteiger partial charge in [0.25, 0.3) is 0 Å². The first-order valence-electron chi connectivity index (χ1n) is 5.77. The Morgan fingerprint density at radius 3 is 2.53 bits per heavy atom. The van der Waals surface area contributed by atoms with Crippen molar-refractivity contribution in [1.29, 1.82) is 5.41 Å². The van der Waals surface area contributed by atoms with Crippen LogP contribution in [0.25, 0.3) is 0 Å². The molecule has 1 fully saturated rings. The van der Waals surface area contributed by atoms with Crippen LogP contribution in [-0.2, 0) is 14.8 Å². The van der Waals surface area contributed by atoms with Gasteiger partial charge in [0, 0.05) is 0 Å². The fourth-order valence-corrected chi connectivity index (χ4v) is 2.63. The minimum absolute atomic E-state index is 0.0113. The monoisotopic (exact) mass is 263 g/mol. The van der Waals surface area contributed by atoms with E-state index in [4.69, 9.17) is 15.9 Å². The summed E-state index contributed by atoms with van der Waals surface area (Å²) in [4.78, 5) is 0. The molecule has 1 atom stereocenters. The maximum absolute atomic E-state index is 11.7. The molecule has 0 radical (unpaired) electrons. The summed E-state index contributed by atoms with van der Waals surface area (Å²) in [6.45, 7) is 3.85. The number of sulfonamides is 1. The third-order valence-electron chi connectivity index (χ3n) is 2.54. The van der Waals surface area contributed by atoms with Gasteiger partial charge in [-0.2, -0.15) is 0 Å². The van der Waals surface area contributed by atoms with E-state index in [1.165, 1.54) is 0 Å². The molecular formula is C10H21N3O3S. The normalized spacial score (nSPS) is 18.3. The van der Waals surface area contributed by atoms with E-state index in [0.29, 0.717) is 0 Å². The van der Waals surface area contributed by atoms with Crippen molar-refractivity contribution < 1.29 is 13.2 Å². The lowest BCUT2D eigenvalue weighted by Gasteiger charge is -2.17. The van der Waals surface area contributed by atoms with Crippen molar-refractivity contribution in [2.45, 2.75) is 38.8 Å². The van der Waals surface area contributed by atoms with Gasteiger partial charge in [-0.15, -0.1) is 0 Å². The van der Waals surface area contributed by atoms with E-state index in [1.54, 1.807) is 0 Å². The molecule has 0 bridgehead atoms. The number of hydrogen-bond acceptors (Lipinski definition) is 4. The molecule has 7 heteroatoms. The quantitative estimate of drug-likeness (QED) is 0.425. The van der Waals surface area contributed by atoms with E-state index in [2.05, 4.69) is 4.72 Å². The number of nitrogens with one attached hydrogen (secondary N) is 2. The highest BCUT2D eigenvalue weighted by molar-refractivity contribution is 7.89. The Bertz CT molecular complexity index is 363. The SMILES string of the molecule is CC(C)OCCS(=O)(=O)NC(C(=N)N)C1CC1. The largest absolute Gasteiger partial charge is 0.386 e. The first-order chi connectivity index (χ1) is 7.82. The predicted octanol–water partition coefficient (Wildman–Crippen LogP) is 0.0454. The average Bonchev–Trinajstić information content (AvgIpc) is 2.96. The smallest absolute Gasteiger partial charge is 0.214 e. The summed E-state index contributed by atoms with van der Waals surface area (Å²) in [6.07, 6.45) is 1.86. The van der Waals surface area contributed by atoms with E-state index < -0.39 is 16.1 Å². The van der Waals surface area contributed by atoms with Crippen molar-refractivity contribution >= 4 is 15.9 Å². The molecule has 0 aromatic heterocycles. The Kier molecular flexibility index (Phi) is 4.91. The lowest BCUT2D eigenvalue weighted by molar-refractivity contribution is 0.0911. The number of rotatable bonds is 8. The maximum atomic E-state index is 11.7. The van der Waals surface area contributed by atoms with Crippen LogP contribution in [0.4, 0.5) is 0 Å². The Hall–Kier alpha value is -0.660. The summed E-state index contributed by atoms with van der Waals surface area (Å²) in [5, 5.41) is 7.37. The fourth-order valence-electron chi connectivity index (χ4n) is 1.49. The van der Waals surface area contributed by atoms with Gasteiger partial charge in [-0.3, -0.25) is 5.41 Å². The molecule has 1 saturated carbocycles. The Morgan fingerprint density at radius 1 is 1.53 bits per heavy atom. The third kappa shape index (κ3) is 5.47. The number of ether oxygens (including phenoxy) is 1. The molecule has 0 aliphatic heterocycles. The molecule has 0 saturated heterocycles. The van der Waals surface area contributed by atoms with Gasteiger partial charge in [-0.05, 0) is 32.6 Å². The second kappa shape index (κ2) is 5.79. The zero-order chi connectivity index (χ0) is 13.1. The van der Waals surface area contributed by atoms with Crippen LogP contribution in [0, 0.1) is 11.3 Å². The summed E-state index contributed by atoms with van der Waals surface area (Å²) >= 11 is 0. The minimum atomic E-state index is -3.42. The lowest BCUT2D eigenvalue weighted by atomic mass is 10.2. The zero-order valence-electron chi connectivity index (χ0n) is 10.3. The predicted molar refractivity (Wildman–Crippen MR) is 66.4 cm³/mol. The zero-order valence-corrected chi connectivity index (χ0v) is 11.1. The molecule has 1 aliphatic rings. The molecule has 1 aliphatic carbocycles. The van der Waals surface area contributed by atoms with E-state index >= 15 is 0 Å². The van der Waals surface area contributed by atoms with Gasteiger partial charge in [0.2, 0.25) is 10.0 Å². The summed E-state index contributed by atoms with van der Waals surface area (Å²) in [6, 6.07) is -0.543. The van der Waals surface area contributed by atoms with Crippen molar-refractivity contribution in [2.75, 3.05) is 12.4 Å². The Labute approximate surface area is 102 Å². The molecule has 1 rings (SSSR count). The highest BCUT2D eigenvalue weighted by atomic mass is 32.2. The summed E-state index contributed by atoms with van der Waals surface area (Å²) in [5.41, 5.74) is 5.39. The van der Waals surface area contributed by atoms with Crippen LogP contribution in [0.2, 0.25) is 0 Å². The Morgan fingerprint density at radius 2 is 2.12 bits per heavy atom. The van der Waals surface area contributed by atoms with Gasteiger partial charge < -0.3 is 10.5 Å². The molecule has 1 unspecified atom stereocenters. The highest BCUT2D eigenvalue weighted by Crippen LogP contribution is 2.32. The van der Waals surface area contributed by atoms with Gasteiger partial charge in [0.05, 0.1) is 24.5 Å². The van der Waals surface area contributed by atoms with Gasteiger partial charge in [-0.25, -0.2) is 13.1 Å². The number of amidine groups is 1. The summed E-state index contributed by atoms with van der Waals surface area (Å²) in [7, 11) is -3.42. The molecule has 100 valence electrons. The van der Waals surface area contributed by atoms with E-state index in [0.717, 1.165) is 12.8 Å². The fraction of sp³-hybridized carbons (Fsp3) is 0.900. The maximum Gasteiger partial charge on any atom is 0.214 e. The van der Waals surface area contributed by atoms with Crippen LogP contribution in [-0.4, -0.2) is 38.8 Å². The van der Waals surface area contributed by atoms with E-state index in [1.807, 2.05) is 13.8 Å². The van der Waals surface area contributed by atoms with Crippen LogP contribution in [0.15, 0.2) is 0 Å². The summed E-state index contributed by atoms with van der Waals surface area (Å²) < 4.78 is 31.1. The minimum Gasteiger partial charge on any atom is -0.386 e. The molecular weight excluding hydrogens is 242 g/mol. The molecule has 17 heavy (non-hydrogen) atoms. The standard InChI is InChI=1S/C10H21N3O3S/c1-7(2)16-5-6-17(14,15)13-9(10(11)12)8-3-4-8/h7-9,13H,3-6H2,1-2H3,(H3,11,12). The van der Waals surface area contributed by atoms with Crippen LogP contribution in [0.5, 0.6) is 0 Å². The van der Waals surface area contributed by atoms with Crippen molar-refractivity contribution in [1.82, 2.24) is 4.72 Å². The topological polar surface area (TPSA) is 105 Å². The van der Waals surface area contributed by atoms with Crippen molar-refractivity contribution in [3.63, 3.8) is 0 Å². The van der Waals surface area contributed by atoms with Crippen LogP contribution in [0.3, 0.4) is 0 Å². The van der Waals surface area contributed by atoms with Crippen LogP contribution < -0.4 is 10.5 Å². The molecule has 0 spiro atoms. The average molecular weight is 263 g/mol. The molecule has 0 amide bonds. The molecule has 4 N–H and O–H groups in total. The van der Waals surface area contributed by atoms with Gasteiger partial charge in [0.15, 0.2) is 0 Å². The van der Waals surface area contributed by atoms with Gasteiger partial charge in [-0.1, -0.05) is 0 Å². The first-order valence-corrected chi connectivity index (χ1v) is 7.42. The van der Waals surface area contributed by atoms with E-state index in [-0.39, 0.29) is 30.2 Å².